The van der Waals surface area contributed by atoms with Gasteiger partial charge < -0.3 is 9.32 Å². The molecule has 248 valence electrons. The van der Waals surface area contributed by atoms with Gasteiger partial charge in [0.2, 0.25) is 0 Å². The molecule has 0 saturated heterocycles. The molecule has 2 aromatic heterocycles. The number of anilines is 3. The summed E-state index contributed by atoms with van der Waals surface area (Å²) in [5.41, 5.74) is 9.78. The first-order chi connectivity index (χ1) is 26.3. The Hall–Kier alpha value is -6.68. The topological polar surface area (TPSA) is 16.4 Å². The third kappa shape index (κ3) is 4.78. The van der Waals surface area contributed by atoms with Gasteiger partial charge in [0.25, 0.3) is 0 Å². The molecule has 0 unspecified atom stereocenters. The summed E-state index contributed by atoms with van der Waals surface area (Å²) in [7, 11) is 0. The lowest BCUT2D eigenvalue weighted by atomic mass is 9.92. The van der Waals surface area contributed by atoms with E-state index in [1.165, 1.54) is 58.4 Å². The monoisotopic (exact) mass is 693 g/mol. The zero-order chi connectivity index (χ0) is 34.9. The fourth-order valence-electron chi connectivity index (χ4n) is 8.23. The largest absolute Gasteiger partial charge is 0.456 e. The van der Waals surface area contributed by atoms with Crippen molar-refractivity contribution in [2.24, 2.45) is 0 Å². The highest BCUT2D eigenvalue weighted by atomic mass is 32.1. The highest BCUT2D eigenvalue weighted by molar-refractivity contribution is 7.25. The molecule has 2 heterocycles. The van der Waals surface area contributed by atoms with Gasteiger partial charge in [0, 0.05) is 36.8 Å². The van der Waals surface area contributed by atoms with E-state index in [1.54, 1.807) is 0 Å². The van der Waals surface area contributed by atoms with Crippen LogP contribution in [0.25, 0.3) is 85.9 Å². The molecule has 9 aromatic carbocycles. The van der Waals surface area contributed by atoms with Crippen molar-refractivity contribution >= 4 is 92.1 Å². The molecule has 0 atom stereocenters. The summed E-state index contributed by atoms with van der Waals surface area (Å²) in [4.78, 5) is 2.42. The van der Waals surface area contributed by atoms with Crippen LogP contribution in [0.5, 0.6) is 0 Å². The first-order valence-corrected chi connectivity index (χ1v) is 18.8. The molecule has 0 bridgehead atoms. The van der Waals surface area contributed by atoms with Crippen molar-refractivity contribution in [2.45, 2.75) is 0 Å². The Morgan fingerprint density at radius 3 is 1.91 bits per heavy atom. The van der Waals surface area contributed by atoms with Crippen LogP contribution < -0.4 is 4.90 Å². The predicted molar refractivity (Wildman–Crippen MR) is 227 cm³/mol. The van der Waals surface area contributed by atoms with E-state index in [4.69, 9.17) is 4.42 Å². The molecular formula is C50H31NOS. The van der Waals surface area contributed by atoms with E-state index >= 15 is 0 Å². The minimum Gasteiger partial charge on any atom is -0.456 e. The third-order valence-corrected chi connectivity index (χ3v) is 11.8. The number of rotatable bonds is 5. The van der Waals surface area contributed by atoms with Gasteiger partial charge in [0.15, 0.2) is 0 Å². The molecule has 0 aliphatic heterocycles. The number of furan rings is 1. The molecule has 3 heteroatoms. The van der Waals surface area contributed by atoms with Crippen LogP contribution in [0.1, 0.15) is 0 Å². The fourth-order valence-corrected chi connectivity index (χ4v) is 9.32. The normalized spacial score (nSPS) is 11.8. The number of hydrogen-bond donors (Lipinski definition) is 0. The maximum absolute atomic E-state index is 6.45. The quantitative estimate of drug-likeness (QED) is 0.167. The molecular weight excluding hydrogens is 663 g/mol. The molecule has 53 heavy (non-hydrogen) atoms. The standard InChI is InChI=1S/C50H31NOS/c1-2-13-36-34(12-1)31-42(38-15-4-3-14-37(36)38)39-16-5-8-19-44(39)51(45-20-11-22-47-50(45)41-18-6-9-21-46(41)52-47)35-27-24-32(25-28-35)33-26-29-49-43(30-33)40-17-7-10-23-48(40)53-49/h1-31H. The van der Waals surface area contributed by atoms with Crippen LogP contribution in [0, 0.1) is 0 Å². The molecule has 0 aliphatic rings. The minimum atomic E-state index is 0.871. The van der Waals surface area contributed by atoms with Crippen molar-refractivity contribution in [1.82, 2.24) is 0 Å². The van der Waals surface area contributed by atoms with Gasteiger partial charge in [-0.2, -0.15) is 0 Å². The number of para-hydroxylation sites is 2. The highest BCUT2D eigenvalue weighted by Gasteiger charge is 2.23. The maximum Gasteiger partial charge on any atom is 0.137 e. The van der Waals surface area contributed by atoms with Crippen molar-refractivity contribution in [3.63, 3.8) is 0 Å². The Morgan fingerprint density at radius 1 is 0.377 bits per heavy atom. The lowest BCUT2D eigenvalue weighted by molar-refractivity contribution is 0.669. The SMILES string of the molecule is c1ccc(N(c2ccc(-c3ccc4sc5ccccc5c4c3)cc2)c2cccc3oc4ccccc4c23)c(-c2cc3ccccc3c3ccccc23)c1. The second-order valence-electron chi connectivity index (χ2n) is 13.6. The van der Waals surface area contributed by atoms with Crippen molar-refractivity contribution in [3.8, 4) is 22.3 Å². The molecule has 0 aliphatic carbocycles. The lowest BCUT2D eigenvalue weighted by Gasteiger charge is -2.29. The zero-order valence-corrected chi connectivity index (χ0v) is 29.5. The summed E-state index contributed by atoms with van der Waals surface area (Å²) < 4.78 is 9.09. The van der Waals surface area contributed by atoms with Crippen LogP contribution in [0.3, 0.4) is 0 Å². The number of benzene rings is 9. The number of hydrogen-bond acceptors (Lipinski definition) is 3. The molecule has 2 nitrogen and oxygen atoms in total. The predicted octanol–water partition coefficient (Wildman–Crippen LogP) is 15.1. The first kappa shape index (κ1) is 30.0. The van der Waals surface area contributed by atoms with Crippen LogP contribution in [-0.2, 0) is 0 Å². The van der Waals surface area contributed by atoms with Crippen LogP contribution >= 0.6 is 11.3 Å². The Kier molecular flexibility index (Phi) is 6.76. The van der Waals surface area contributed by atoms with Crippen LogP contribution in [-0.4, -0.2) is 0 Å². The van der Waals surface area contributed by atoms with E-state index in [1.807, 2.05) is 17.4 Å². The Bertz CT molecular complexity index is 3190. The van der Waals surface area contributed by atoms with Crippen LogP contribution in [0.4, 0.5) is 17.1 Å². The smallest absolute Gasteiger partial charge is 0.137 e. The Labute approximate surface area is 310 Å². The van der Waals surface area contributed by atoms with E-state index in [9.17, 15) is 0 Å². The summed E-state index contributed by atoms with van der Waals surface area (Å²) in [6, 6.07) is 68.1. The van der Waals surface area contributed by atoms with Gasteiger partial charge >= 0.3 is 0 Å². The number of fused-ring (bicyclic) bond motifs is 9. The van der Waals surface area contributed by atoms with Crippen LogP contribution in [0.2, 0.25) is 0 Å². The Morgan fingerprint density at radius 2 is 1.02 bits per heavy atom. The second-order valence-corrected chi connectivity index (χ2v) is 14.7. The number of thiophene rings is 1. The summed E-state index contributed by atoms with van der Waals surface area (Å²) in [5, 5.41) is 9.80. The average Bonchev–Trinajstić information content (AvgIpc) is 3.80. The summed E-state index contributed by atoms with van der Waals surface area (Å²) in [6.07, 6.45) is 0. The fraction of sp³-hybridized carbons (Fsp3) is 0. The summed E-state index contributed by atoms with van der Waals surface area (Å²) in [6.45, 7) is 0. The molecule has 0 radical (unpaired) electrons. The minimum absolute atomic E-state index is 0.871. The molecule has 0 amide bonds. The van der Waals surface area contributed by atoms with E-state index in [0.29, 0.717) is 0 Å². The van der Waals surface area contributed by atoms with Crippen molar-refractivity contribution in [3.05, 3.63) is 188 Å². The van der Waals surface area contributed by atoms with Gasteiger partial charge in [-0.1, -0.05) is 127 Å². The van der Waals surface area contributed by atoms with Gasteiger partial charge in [-0.25, -0.2) is 0 Å². The molecule has 0 saturated carbocycles. The summed E-state index contributed by atoms with van der Waals surface area (Å²) >= 11 is 1.86. The van der Waals surface area contributed by atoms with Crippen LogP contribution in [0.15, 0.2) is 192 Å². The van der Waals surface area contributed by atoms with Crippen molar-refractivity contribution in [2.75, 3.05) is 4.90 Å². The van der Waals surface area contributed by atoms with Gasteiger partial charge in [-0.3, -0.25) is 0 Å². The second kappa shape index (κ2) is 11.9. The lowest BCUT2D eigenvalue weighted by Crippen LogP contribution is -2.11. The van der Waals surface area contributed by atoms with Gasteiger partial charge in [-0.05, 0) is 98.9 Å². The molecule has 0 fully saturated rings. The zero-order valence-electron chi connectivity index (χ0n) is 28.7. The maximum atomic E-state index is 6.45. The van der Waals surface area contributed by atoms with Crippen molar-refractivity contribution < 1.29 is 4.42 Å². The van der Waals surface area contributed by atoms with Gasteiger partial charge in [0.1, 0.15) is 11.2 Å². The first-order valence-electron chi connectivity index (χ1n) is 18.0. The molecule has 0 spiro atoms. The Balaban J connectivity index is 1.14. The van der Waals surface area contributed by atoms with E-state index in [0.717, 1.165) is 44.6 Å². The average molecular weight is 694 g/mol. The highest BCUT2D eigenvalue weighted by Crippen LogP contribution is 2.48. The van der Waals surface area contributed by atoms with Gasteiger partial charge in [0.05, 0.1) is 16.8 Å². The van der Waals surface area contributed by atoms with Gasteiger partial charge in [-0.15, -0.1) is 11.3 Å². The number of nitrogens with zero attached hydrogens (tertiary/aromatic N) is 1. The molecule has 0 N–H and O–H groups in total. The summed E-state index contributed by atoms with van der Waals surface area (Å²) in [5.74, 6) is 0. The van der Waals surface area contributed by atoms with E-state index in [2.05, 4.69) is 187 Å². The van der Waals surface area contributed by atoms with E-state index in [-0.39, 0.29) is 0 Å². The molecule has 11 rings (SSSR count). The van der Waals surface area contributed by atoms with Crippen molar-refractivity contribution in [1.29, 1.82) is 0 Å². The molecule has 11 aromatic rings. The van der Waals surface area contributed by atoms with E-state index < -0.39 is 0 Å². The third-order valence-electron chi connectivity index (χ3n) is 10.7.